The maximum atomic E-state index is 12.8. The van der Waals surface area contributed by atoms with Crippen molar-refractivity contribution in [3.8, 4) is 5.75 Å². The summed E-state index contributed by atoms with van der Waals surface area (Å²) in [5, 5.41) is 0. The van der Waals surface area contributed by atoms with E-state index in [1.165, 1.54) is 16.4 Å². The molecule has 0 atom stereocenters. The van der Waals surface area contributed by atoms with Crippen molar-refractivity contribution < 1.29 is 22.7 Å². The SMILES string of the molecule is COc1ccc(C(=O)N2CCN(S(=O)(=O)c3ccccc3C=O)CC2)cc1. The average Bonchev–Trinajstić information content (AvgIpc) is 2.73. The van der Waals surface area contributed by atoms with E-state index in [0.29, 0.717) is 17.6 Å². The van der Waals surface area contributed by atoms with E-state index in [1.54, 1.807) is 48.4 Å². The van der Waals surface area contributed by atoms with Gasteiger partial charge in [-0.2, -0.15) is 4.31 Å². The molecule has 0 radical (unpaired) electrons. The maximum Gasteiger partial charge on any atom is 0.253 e. The average molecular weight is 388 g/mol. The number of sulfonamides is 1. The highest BCUT2D eigenvalue weighted by Crippen LogP contribution is 2.21. The molecule has 0 N–H and O–H groups in total. The molecule has 142 valence electrons. The fourth-order valence-corrected chi connectivity index (χ4v) is 4.59. The number of carbonyl (C=O) groups is 2. The number of rotatable bonds is 5. The van der Waals surface area contributed by atoms with Gasteiger partial charge in [0, 0.05) is 37.3 Å². The molecule has 0 unspecified atom stereocenters. The number of methoxy groups -OCH3 is 1. The molecule has 7 nitrogen and oxygen atoms in total. The molecule has 1 amide bonds. The number of carbonyl (C=O) groups excluding carboxylic acids is 2. The summed E-state index contributed by atoms with van der Waals surface area (Å²) in [5.74, 6) is 0.513. The van der Waals surface area contributed by atoms with Crippen molar-refractivity contribution in [3.63, 3.8) is 0 Å². The van der Waals surface area contributed by atoms with Gasteiger partial charge >= 0.3 is 0 Å². The van der Waals surface area contributed by atoms with E-state index in [4.69, 9.17) is 4.74 Å². The van der Waals surface area contributed by atoms with E-state index in [-0.39, 0.29) is 42.5 Å². The van der Waals surface area contributed by atoms with Crippen molar-refractivity contribution in [3.05, 3.63) is 59.7 Å². The van der Waals surface area contributed by atoms with Crippen LogP contribution in [-0.2, 0) is 10.0 Å². The van der Waals surface area contributed by atoms with Crippen LogP contribution in [0.1, 0.15) is 20.7 Å². The van der Waals surface area contributed by atoms with Crippen molar-refractivity contribution in [2.24, 2.45) is 0 Å². The second kappa shape index (κ2) is 7.89. The summed E-state index contributed by atoms with van der Waals surface area (Å²) in [5.41, 5.74) is 0.660. The zero-order valence-corrected chi connectivity index (χ0v) is 15.7. The van der Waals surface area contributed by atoms with Crippen LogP contribution >= 0.6 is 0 Å². The van der Waals surface area contributed by atoms with Gasteiger partial charge in [0.2, 0.25) is 10.0 Å². The zero-order valence-electron chi connectivity index (χ0n) is 14.9. The third-order valence-corrected chi connectivity index (χ3v) is 6.50. The van der Waals surface area contributed by atoms with Crippen molar-refractivity contribution in [1.82, 2.24) is 9.21 Å². The fraction of sp³-hybridized carbons (Fsp3) is 0.263. The molecule has 1 aliphatic heterocycles. The minimum Gasteiger partial charge on any atom is -0.497 e. The van der Waals surface area contributed by atoms with E-state index < -0.39 is 10.0 Å². The van der Waals surface area contributed by atoms with E-state index in [1.807, 2.05) is 0 Å². The molecule has 1 saturated heterocycles. The Kier molecular flexibility index (Phi) is 5.57. The molecule has 2 aromatic carbocycles. The molecule has 1 fully saturated rings. The number of amides is 1. The van der Waals surface area contributed by atoms with Gasteiger partial charge in [0.05, 0.1) is 12.0 Å². The van der Waals surface area contributed by atoms with Gasteiger partial charge in [0.1, 0.15) is 5.75 Å². The molecule has 3 rings (SSSR count). The van der Waals surface area contributed by atoms with Crippen LogP contribution in [0.4, 0.5) is 0 Å². The van der Waals surface area contributed by atoms with Crippen LogP contribution in [0.15, 0.2) is 53.4 Å². The van der Waals surface area contributed by atoms with Crippen LogP contribution in [0.2, 0.25) is 0 Å². The molecule has 0 aromatic heterocycles. The molecular formula is C19H20N2O5S. The van der Waals surface area contributed by atoms with E-state index in [2.05, 4.69) is 0 Å². The fourth-order valence-electron chi connectivity index (χ4n) is 3.00. The molecule has 0 saturated carbocycles. The van der Waals surface area contributed by atoms with Crippen molar-refractivity contribution in [1.29, 1.82) is 0 Å². The first kappa shape index (κ1) is 19.1. The minimum absolute atomic E-state index is 0.00469. The molecule has 0 spiro atoms. The predicted octanol–water partition coefficient (Wildman–Crippen LogP) is 1.65. The Morgan fingerprint density at radius 1 is 1.00 bits per heavy atom. The Bertz CT molecular complexity index is 933. The van der Waals surface area contributed by atoms with Crippen molar-refractivity contribution in [2.45, 2.75) is 4.90 Å². The Labute approximate surface area is 158 Å². The molecule has 1 aliphatic rings. The summed E-state index contributed by atoms with van der Waals surface area (Å²) in [6, 6.07) is 12.9. The number of ether oxygens (including phenoxy) is 1. The van der Waals surface area contributed by atoms with Gasteiger partial charge in [-0.3, -0.25) is 9.59 Å². The summed E-state index contributed by atoms with van der Waals surface area (Å²) in [6.45, 7) is 0.926. The lowest BCUT2D eigenvalue weighted by atomic mass is 10.2. The number of nitrogens with zero attached hydrogens (tertiary/aromatic N) is 2. The number of hydrogen-bond acceptors (Lipinski definition) is 5. The molecule has 8 heteroatoms. The Morgan fingerprint density at radius 3 is 2.22 bits per heavy atom. The summed E-state index contributed by atoms with van der Waals surface area (Å²) >= 11 is 0. The van der Waals surface area contributed by atoms with Gasteiger partial charge < -0.3 is 9.64 Å². The van der Waals surface area contributed by atoms with Gasteiger partial charge in [-0.15, -0.1) is 0 Å². The highest BCUT2D eigenvalue weighted by molar-refractivity contribution is 7.89. The van der Waals surface area contributed by atoms with Crippen LogP contribution in [0.3, 0.4) is 0 Å². The molecule has 0 aliphatic carbocycles. The third kappa shape index (κ3) is 3.86. The van der Waals surface area contributed by atoms with E-state index in [9.17, 15) is 18.0 Å². The molecule has 0 bridgehead atoms. The summed E-state index contributed by atoms with van der Waals surface area (Å²) < 4.78 is 32.1. The summed E-state index contributed by atoms with van der Waals surface area (Å²) in [7, 11) is -2.23. The van der Waals surface area contributed by atoms with E-state index >= 15 is 0 Å². The highest BCUT2D eigenvalue weighted by Gasteiger charge is 2.31. The predicted molar refractivity (Wildman–Crippen MR) is 99.5 cm³/mol. The third-order valence-electron chi connectivity index (χ3n) is 4.53. The summed E-state index contributed by atoms with van der Waals surface area (Å²) in [6.07, 6.45) is 0.538. The first-order valence-electron chi connectivity index (χ1n) is 8.45. The first-order chi connectivity index (χ1) is 13.0. The number of piperazine rings is 1. The van der Waals surface area contributed by atoms with Gasteiger partial charge in [-0.05, 0) is 30.3 Å². The van der Waals surface area contributed by atoms with Crippen LogP contribution in [0.5, 0.6) is 5.75 Å². The maximum absolute atomic E-state index is 12.8. The summed E-state index contributed by atoms with van der Waals surface area (Å²) in [4.78, 5) is 25.4. The highest BCUT2D eigenvalue weighted by atomic mass is 32.2. The standard InChI is InChI=1S/C19H20N2O5S/c1-26-17-8-6-15(7-9-17)19(23)20-10-12-21(13-11-20)27(24,25)18-5-3-2-4-16(18)14-22/h2-9,14H,10-13H2,1H3. The van der Waals surface area contributed by atoms with Crippen LogP contribution < -0.4 is 4.74 Å². The van der Waals surface area contributed by atoms with Crippen LogP contribution in [0.25, 0.3) is 0 Å². The Hall–Kier alpha value is -2.71. The van der Waals surface area contributed by atoms with Gasteiger partial charge in [-0.1, -0.05) is 18.2 Å². The lowest BCUT2D eigenvalue weighted by Crippen LogP contribution is -2.50. The number of benzene rings is 2. The van der Waals surface area contributed by atoms with Gasteiger partial charge in [-0.25, -0.2) is 8.42 Å². The van der Waals surface area contributed by atoms with Crippen molar-refractivity contribution in [2.75, 3.05) is 33.3 Å². The molecular weight excluding hydrogens is 368 g/mol. The first-order valence-corrected chi connectivity index (χ1v) is 9.89. The smallest absolute Gasteiger partial charge is 0.253 e. The van der Waals surface area contributed by atoms with Gasteiger partial charge in [0.25, 0.3) is 5.91 Å². The number of aldehydes is 1. The quantitative estimate of drug-likeness (QED) is 0.728. The second-order valence-corrected chi connectivity index (χ2v) is 7.99. The molecule has 1 heterocycles. The van der Waals surface area contributed by atoms with Crippen molar-refractivity contribution >= 4 is 22.2 Å². The monoisotopic (exact) mass is 388 g/mol. The van der Waals surface area contributed by atoms with Crippen LogP contribution in [0, 0.1) is 0 Å². The lowest BCUT2D eigenvalue weighted by molar-refractivity contribution is 0.0698. The Morgan fingerprint density at radius 2 is 1.63 bits per heavy atom. The topological polar surface area (TPSA) is 84.0 Å². The molecule has 2 aromatic rings. The van der Waals surface area contributed by atoms with Gasteiger partial charge in [0.15, 0.2) is 6.29 Å². The minimum atomic E-state index is -3.78. The normalized spacial score (nSPS) is 15.4. The lowest BCUT2D eigenvalue weighted by Gasteiger charge is -2.34. The Balaban J connectivity index is 1.70. The largest absolute Gasteiger partial charge is 0.497 e. The molecule has 27 heavy (non-hydrogen) atoms. The zero-order chi connectivity index (χ0) is 19.4. The second-order valence-electron chi connectivity index (χ2n) is 6.08. The van der Waals surface area contributed by atoms with E-state index in [0.717, 1.165) is 0 Å². The van der Waals surface area contributed by atoms with Crippen LogP contribution in [-0.4, -0.2) is 63.1 Å². The number of hydrogen-bond donors (Lipinski definition) is 0.